The van der Waals surface area contributed by atoms with E-state index in [1.54, 1.807) is 0 Å². The molecule has 0 unspecified atom stereocenters. The minimum atomic E-state index is 0. The Balaban J connectivity index is -0.0000000160. The Morgan fingerprint density at radius 2 is 0.212 bits per heavy atom. The Bertz CT molecular complexity index is 311. The molecule has 0 N–H and O–H groups in total. The summed E-state index contributed by atoms with van der Waals surface area (Å²) in [6.45, 7) is 12.0. The maximum atomic E-state index is 2.00. The van der Waals surface area contributed by atoms with E-state index in [2.05, 4.69) is 0 Å². The second-order valence-corrected chi connectivity index (χ2v) is 3.46. The molecule has 0 nitrogen and oxygen atoms in total. The van der Waals surface area contributed by atoms with Gasteiger partial charge in [0.25, 0.3) is 0 Å². The van der Waals surface area contributed by atoms with Crippen molar-refractivity contribution in [2.75, 3.05) is 0 Å². The Morgan fingerprint density at radius 3 is 0.242 bits per heavy atom. The molecule has 0 spiro atoms. The molecule has 3 rings (SSSR count). The molecule has 3 aromatic rings. The summed E-state index contributed by atoms with van der Waals surface area (Å²) < 4.78 is 0. The molecule has 0 bridgehead atoms. The molecular formula is C28H48Y5-4. The van der Waals surface area contributed by atoms with Crippen LogP contribution in [0.15, 0.2) is 109 Å². The fourth-order valence-corrected chi connectivity index (χ4v) is 1.15. The van der Waals surface area contributed by atoms with Crippen LogP contribution in [-0.2, 0) is 164 Å². The van der Waals surface area contributed by atoms with E-state index in [0.29, 0.717) is 0 Å². The molecule has 0 aliphatic heterocycles. The molecule has 179 valence electrons. The molecule has 0 aliphatic rings. The van der Waals surface area contributed by atoms with Crippen molar-refractivity contribution in [2.24, 2.45) is 0 Å². The van der Waals surface area contributed by atoms with Crippen molar-refractivity contribution in [3.63, 3.8) is 0 Å². The molecule has 0 aromatic heterocycles. The standard InChI is InChI=1S/3C6H6.3C2H6.4CH3.5Y/c3*1-2-4-6-5-3-1;3*1-2;;;;;;;;;/h3*1-6H;3*1-2H3;4*1H3;;;;;/q;;;;;;4*-1;;;;;. The van der Waals surface area contributed by atoms with Crippen LogP contribution in [0.25, 0.3) is 0 Å². The van der Waals surface area contributed by atoms with Crippen molar-refractivity contribution in [3.8, 4) is 0 Å². The summed E-state index contributed by atoms with van der Waals surface area (Å²) in [7, 11) is 0. The number of hydrogen-bond donors (Lipinski definition) is 0. The molecule has 0 aliphatic carbocycles. The summed E-state index contributed by atoms with van der Waals surface area (Å²) in [5.41, 5.74) is 0. The zero-order valence-electron chi connectivity index (χ0n) is 23.3. The van der Waals surface area contributed by atoms with E-state index in [1.165, 1.54) is 0 Å². The normalized spacial score (nSPS) is 4.91. The van der Waals surface area contributed by atoms with E-state index < -0.39 is 0 Å². The monoisotopic (exact) mass is 829 g/mol. The van der Waals surface area contributed by atoms with Crippen molar-refractivity contribution < 1.29 is 164 Å². The molecule has 5 radical (unpaired) electrons. The third kappa shape index (κ3) is 86.3. The minimum absolute atomic E-state index is 0. The van der Waals surface area contributed by atoms with Crippen molar-refractivity contribution in [3.05, 3.63) is 139 Å². The Labute approximate surface area is 337 Å². The minimum Gasteiger partial charge on any atom is -0.358 e. The van der Waals surface area contributed by atoms with Gasteiger partial charge in [-0.3, -0.25) is 0 Å². The van der Waals surface area contributed by atoms with Gasteiger partial charge in [0.2, 0.25) is 0 Å². The molecule has 0 heterocycles. The quantitative estimate of drug-likeness (QED) is 0.198. The summed E-state index contributed by atoms with van der Waals surface area (Å²) in [6, 6.07) is 36.0. The average molecular weight is 829 g/mol. The van der Waals surface area contributed by atoms with Gasteiger partial charge in [-0.15, -0.1) is 0 Å². The fourth-order valence-electron chi connectivity index (χ4n) is 1.15. The van der Waals surface area contributed by atoms with Gasteiger partial charge in [-0.05, 0) is 0 Å². The van der Waals surface area contributed by atoms with Crippen LogP contribution >= 0.6 is 0 Å². The van der Waals surface area contributed by atoms with Crippen LogP contribution in [0.4, 0.5) is 0 Å². The molecule has 0 amide bonds. The number of hydrogen-bond acceptors (Lipinski definition) is 0. The van der Waals surface area contributed by atoms with Crippen LogP contribution < -0.4 is 0 Å². The molecule has 33 heavy (non-hydrogen) atoms. The largest absolute Gasteiger partial charge is 0.358 e. The van der Waals surface area contributed by atoms with Gasteiger partial charge in [0.05, 0.1) is 0 Å². The third-order valence-corrected chi connectivity index (χ3v) is 2.00. The first-order chi connectivity index (χ1) is 12.0. The van der Waals surface area contributed by atoms with E-state index in [0.717, 1.165) is 0 Å². The molecule has 0 saturated carbocycles. The van der Waals surface area contributed by atoms with E-state index >= 15 is 0 Å². The second kappa shape index (κ2) is 91.6. The van der Waals surface area contributed by atoms with Crippen LogP contribution in [0.3, 0.4) is 0 Å². The Morgan fingerprint density at radius 1 is 0.182 bits per heavy atom. The van der Waals surface area contributed by atoms with Crippen LogP contribution in [0.2, 0.25) is 0 Å². The molecule has 3 aromatic carbocycles. The number of benzene rings is 3. The van der Waals surface area contributed by atoms with Crippen molar-refractivity contribution in [1.29, 1.82) is 0 Å². The van der Waals surface area contributed by atoms with Gasteiger partial charge in [0.1, 0.15) is 0 Å². The Hall–Kier alpha value is 3.18. The maximum Gasteiger partial charge on any atom is 0 e. The molecule has 0 atom stereocenters. The van der Waals surface area contributed by atoms with E-state index in [4.69, 9.17) is 0 Å². The van der Waals surface area contributed by atoms with E-state index in [1.807, 2.05) is 151 Å². The van der Waals surface area contributed by atoms with Crippen LogP contribution in [0.1, 0.15) is 41.5 Å². The van der Waals surface area contributed by atoms with Gasteiger partial charge in [0.15, 0.2) is 0 Å². The summed E-state index contributed by atoms with van der Waals surface area (Å²) in [4.78, 5) is 0. The third-order valence-electron chi connectivity index (χ3n) is 2.00. The van der Waals surface area contributed by atoms with Gasteiger partial charge in [-0.1, -0.05) is 151 Å². The summed E-state index contributed by atoms with van der Waals surface area (Å²) in [6.07, 6.45) is 0. The SMILES string of the molecule is CC.CC.CC.[CH3-].[CH3-].[CH3-].[CH3-].[Y].[Y].[Y].[Y].[Y].c1ccccc1.c1ccccc1.c1ccccc1. The second-order valence-electron chi connectivity index (χ2n) is 3.46. The van der Waals surface area contributed by atoms with E-state index in [-0.39, 0.29) is 193 Å². The van der Waals surface area contributed by atoms with Gasteiger partial charge in [-0.25, -0.2) is 0 Å². The van der Waals surface area contributed by atoms with Gasteiger partial charge in [-0.2, -0.15) is 0 Å². The van der Waals surface area contributed by atoms with Crippen LogP contribution in [-0.4, -0.2) is 0 Å². The first-order valence-corrected chi connectivity index (χ1v) is 9.00. The fraction of sp³-hybridized carbons (Fsp3) is 0.214. The molecule has 0 saturated heterocycles. The summed E-state index contributed by atoms with van der Waals surface area (Å²) in [5, 5.41) is 0. The van der Waals surface area contributed by atoms with Crippen molar-refractivity contribution in [1.82, 2.24) is 0 Å². The zero-order chi connectivity index (χ0) is 18.7. The van der Waals surface area contributed by atoms with Gasteiger partial charge in [0, 0.05) is 164 Å². The topological polar surface area (TPSA) is 0 Å². The van der Waals surface area contributed by atoms with Gasteiger partial charge < -0.3 is 29.7 Å². The van der Waals surface area contributed by atoms with Crippen LogP contribution in [0, 0.1) is 29.7 Å². The van der Waals surface area contributed by atoms with Crippen molar-refractivity contribution >= 4 is 0 Å². The molecular weight excluding hydrogens is 781 g/mol. The Kier molecular flexibility index (Phi) is 213. The first kappa shape index (κ1) is 76.6. The summed E-state index contributed by atoms with van der Waals surface area (Å²) >= 11 is 0. The molecule has 0 fully saturated rings. The average Bonchev–Trinajstić information content (AvgIpc) is 2.77. The smallest absolute Gasteiger partial charge is 0 e. The molecule has 5 heteroatoms. The predicted molar refractivity (Wildman–Crippen MR) is 139 cm³/mol. The van der Waals surface area contributed by atoms with Crippen LogP contribution in [0.5, 0.6) is 0 Å². The van der Waals surface area contributed by atoms with Gasteiger partial charge >= 0.3 is 0 Å². The van der Waals surface area contributed by atoms with Crippen molar-refractivity contribution in [2.45, 2.75) is 41.5 Å². The maximum absolute atomic E-state index is 2.00. The predicted octanol–water partition coefficient (Wildman–Crippen LogP) is 9.93. The number of rotatable bonds is 0. The zero-order valence-corrected chi connectivity index (χ0v) is 37.5. The van der Waals surface area contributed by atoms with E-state index in [9.17, 15) is 0 Å². The summed E-state index contributed by atoms with van der Waals surface area (Å²) in [5.74, 6) is 0. The first-order valence-electron chi connectivity index (χ1n) is 9.00.